The minimum absolute atomic E-state index is 0.196. The number of aromatic nitrogens is 1. The molecule has 0 bridgehead atoms. The zero-order valence-corrected chi connectivity index (χ0v) is 17.4. The first-order valence-corrected chi connectivity index (χ1v) is 10.2. The Morgan fingerprint density at radius 3 is 2.47 bits per heavy atom. The summed E-state index contributed by atoms with van der Waals surface area (Å²) in [4.78, 5) is 28.4. The van der Waals surface area contributed by atoms with Crippen LogP contribution in [0.25, 0.3) is 10.2 Å². The van der Waals surface area contributed by atoms with Crippen molar-refractivity contribution >= 4 is 55.8 Å². The molecule has 4 rings (SSSR count). The quantitative estimate of drug-likeness (QED) is 0.404. The van der Waals surface area contributed by atoms with Crippen molar-refractivity contribution in [2.45, 2.75) is 6.92 Å². The predicted octanol–water partition coefficient (Wildman–Crippen LogP) is 5.95. The van der Waals surface area contributed by atoms with E-state index in [2.05, 4.69) is 15.6 Å². The first-order valence-electron chi connectivity index (χ1n) is 9.00. The van der Waals surface area contributed by atoms with E-state index in [1.807, 2.05) is 24.3 Å². The van der Waals surface area contributed by atoms with Gasteiger partial charge in [-0.25, -0.2) is 4.98 Å². The standard InChI is InChI=1S/C22H16ClN3O3S/c1-13(27)24-22-26-20-17(6-4-8-19(20)30-22)25-21(28)14-9-11-15(12-10-14)29-18-7-3-2-5-16(18)23/h2-12H,1H3,(H,25,28)(H,24,26,27). The highest BCUT2D eigenvalue weighted by Crippen LogP contribution is 2.32. The van der Waals surface area contributed by atoms with Gasteiger partial charge < -0.3 is 15.4 Å². The lowest BCUT2D eigenvalue weighted by Gasteiger charge is -2.09. The Morgan fingerprint density at radius 1 is 0.967 bits per heavy atom. The van der Waals surface area contributed by atoms with E-state index in [4.69, 9.17) is 16.3 Å². The second-order valence-corrected chi connectivity index (χ2v) is 7.80. The Labute approximate surface area is 181 Å². The van der Waals surface area contributed by atoms with Crippen LogP contribution in [0.3, 0.4) is 0 Å². The lowest BCUT2D eigenvalue weighted by Crippen LogP contribution is -2.12. The van der Waals surface area contributed by atoms with Crippen LogP contribution >= 0.6 is 22.9 Å². The van der Waals surface area contributed by atoms with E-state index in [1.54, 1.807) is 42.5 Å². The van der Waals surface area contributed by atoms with E-state index in [1.165, 1.54) is 18.3 Å². The Balaban J connectivity index is 1.51. The summed E-state index contributed by atoms with van der Waals surface area (Å²) in [6.45, 7) is 1.42. The summed E-state index contributed by atoms with van der Waals surface area (Å²) in [5.74, 6) is 0.641. The van der Waals surface area contributed by atoms with Gasteiger partial charge in [-0.15, -0.1) is 0 Å². The molecule has 0 saturated heterocycles. The lowest BCUT2D eigenvalue weighted by molar-refractivity contribution is -0.114. The van der Waals surface area contributed by atoms with Gasteiger partial charge in [0, 0.05) is 12.5 Å². The summed E-state index contributed by atoms with van der Waals surface area (Å²) in [6.07, 6.45) is 0. The van der Waals surface area contributed by atoms with Crippen LogP contribution in [0, 0.1) is 0 Å². The maximum absolute atomic E-state index is 12.7. The molecular formula is C22H16ClN3O3S. The normalized spacial score (nSPS) is 10.6. The average Bonchev–Trinajstić information content (AvgIpc) is 3.13. The average molecular weight is 438 g/mol. The number of carbonyl (C=O) groups excluding carboxylic acids is 2. The van der Waals surface area contributed by atoms with Gasteiger partial charge in [0.25, 0.3) is 5.91 Å². The van der Waals surface area contributed by atoms with Crippen LogP contribution < -0.4 is 15.4 Å². The molecule has 150 valence electrons. The molecule has 0 radical (unpaired) electrons. The number of nitrogens with zero attached hydrogens (tertiary/aromatic N) is 1. The molecular weight excluding hydrogens is 422 g/mol. The van der Waals surface area contributed by atoms with Gasteiger partial charge in [0.1, 0.15) is 17.0 Å². The molecule has 0 saturated carbocycles. The number of thiazole rings is 1. The van der Waals surface area contributed by atoms with Crippen LogP contribution in [0.15, 0.2) is 66.7 Å². The van der Waals surface area contributed by atoms with Crippen LogP contribution in [0.2, 0.25) is 5.02 Å². The van der Waals surface area contributed by atoms with Crippen molar-refractivity contribution in [3.63, 3.8) is 0 Å². The van der Waals surface area contributed by atoms with Crippen molar-refractivity contribution in [3.8, 4) is 11.5 Å². The van der Waals surface area contributed by atoms with E-state index < -0.39 is 0 Å². The largest absolute Gasteiger partial charge is 0.456 e. The second-order valence-electron chi connectivity index (χ2n) is 6.36. The van der Waals surface area contributed by atoms with E-state index in [-0.39, 0.29) is 11.8 Å². The third kappa shape index (κ3) is 4.42. The zero-order valence-electron chi connectivity index (χ0n) is 15.8. The molecule has 0 fully saturated rings. The molecule has 0 atom stereocenters. The van der Waals surface area contributed by atoms with Crippen molar-refractivity contribution < 1.29 is 14.3 Å². The molecule has 6 nitrogen and oxygen atoms in total. The smallest absolute Gasteiger partial charge is 0.255 e. The minimum Gasteiger partial charge on any atom is -0.456 e. The monoisotopic (exact) mass is 437 g/mol. The molecule has 1 heterocycles. The van der Waals surface area contributed by atoms with E-state index >= 15 is 0 Å². The van der Waals surface area contributed by atoms with Crippen molar-refractivity contribution in [2.75, 3.05) is 10.6 Å². The van der Waals surface area contributed by atoms with E-state index in [0.717, 1.165) is 4.70 Å². The third-order valence-electron chi connectivity index (χ3n) is 4.13. The lowest BCUT2D eigenvalue weighted by atomic mass is 10.2. The minimum atomic E-state index is -0.277. The molecule has 2 N–H and O–H groups in total. The van der Waals surface area contributed by atoms with E-state index in [0.29, 0.717) is 38.4 Å². The number of benzene rings is 3. The molecule has 0 aliphatic rings. The van der Waals surface area contributed by atoms with Crippen molar-refractivity contribution in [1.29, 1.82) is 0 Å². The summed E-state index contributed by atoms with van der Waals surface area (Å²) in [5, 5.41) is 6.54. The molecule has 3 aromatic carbocycles. The number of para-hydroxylation sites is 2. The number of amides is 2. The SMILES string of the molecule is CC(=O)Nc1nc2c(NC(=O)c3ccc(Oc4ccccc4Cl)cc3)cccc2s1. The van der Waals surface area contributed by atoms with E-state index in [9.17, 15) is 9.59 Å². The van der Waals surface area contributed by atoms with Gasteiger partial charge in [-0.05, 0) is 48.5 Å². The topological polar surface area (TPSA) is 80.3 Å². The summed E-state index contributed by atoms with van der Waals surface area (Å²) in [5.41, 5.74) is 1.66. The van der Waals surface area contributed by atoms with Gasteiger partial charge in [-0.2, -0.15) is 0 Å². The van der Waals surface area contributed by atoms with Gasteiger partial charge in [0.05, 0.1) is 15.4 Å². The Bertz CT molecular complexity index is 1240. The number of rotatable bonds is 5. The highest BCUT2D eigenvalue weighted by Gasteiger charge is 2.13. The van der Waals surface area contributed by atoms with Crippen molar-refractivity contribution in [2.24, 2.45) is 0 Å². The zero-order chi connectivity index (χ0) is 21.1. The number of nitrogens with one attached hydrogen (secondary N) is 2. The molecule has 0 aliphatic heterocycles. The summed E-state index contributed by atoms with van der Waals surface area (Å²) < 4.78 is 6.61. The van der Waals surface area contributed by atoms with Gasteiger partial charge in [0.2, 0.25) is 5.91 Å². The van der Waals surface area contributed by atoms with Crippen LogP contribution in [0.5, 0.6) is 11.5 Å². The first-order chi connectivity index (χ1) is 14.5. The Hall–Kier alpha value is -3.42. The molecule has 0 unspecified atom stereocenters. The highest BCUT2D eigenvalue weighted by molar-refractivity contribution is 7.22. The summed E-state index contributed by atoms with van der Waals surface area (Å²) in [6, 6.07) is 19.4. The predicted molar refractivity (Wildman–Crippen MR) is 120 cm³/mol. The molecule has 30 heavy (non-hydrogen) atoms. The number of anilines is 2. The molecule has 2 amide bonds. The fourth-order valence-corrected chi connectivity index (χ4v) is 3.89. The molecule has 8 heteroatoms. The van der Waals surface area contributed by atoms with Crippen molar-refractivity contribution in [1.82, 2.24) is 4.98 Å². The molecule has 4 aromatic rings. The van der Waals surface area contributed by atoms with Crippen LogP contribution in [-0.4, -0.2) is 16.8 Å². The summed E-state index contributed by atoms with van der Waals surface area (Å²) in [7, 11) is 0. The first kappa shape index (κ1) is 19.9. The summed E-state index contributed by atoms with van der Waals surface area (Å²) >= 11 is 7.45. The number of fused-ring (bicyclic) bond motifs is 1. The molecule has 0 spiro atoms. The number of hydrogen-bond donors (Lipinski definition) is 2. The van der Waals surface area contributed by atoms with Gasteiger partial charge in [0.15, 0.2) is 5.13 Å². The van der Waals surface area contributed by atoms with Crippen LogP contribution in [0.1, 0.15) is 17.3 Å². The number of carbonyl (C=O) groups is 2. The van der Waals surface area contributed by atoms with Crippen LogP contribution in [0.4, 0.5) is 10.8 Å². The number of hydrogen-bond acceptors (Lipinski definition) is 5. The van der Waals surface area contributed by atoms with Gasteiger partial charge in [-0.3, -0.25) is 9.59 Å². The Kier molecular flexibility index (Phi) is 5.65. The fraction of sp³-hybridized carbons (Fsp3) is 0.0455. The fourth-order valence-electron chi connectivity index (χ4n) is 2.78. The second kappa shape index (κ2) is 8.52. The number of halogens is 1. The maximum atomic E-state index is 12.7. The van der Waals surface area contributed by atoms with Gasteiger partial charge >= 0.3 is 0 Å². The van der Waals surface area contributed by atoms with Crippen molar-refractivity contribution in [3.05, 3.63) is 77.3 Å². The van der Waals surface area contributed by atoms with Gasteiger partial charge in [-0.1, -0.05) is 41.1 Å². The number of ether oxygens (including phenoxy) is 1. The maximum Gasteiger partial charge on any atom is 0.255 e. The highest BCUT2D eigenvalue weighted by atomic mass is 35.5. The Morgan fingerprint density at radius 2 is 1.73 bits per heavy atom. The molecule has 1 aromatic heterocycles. The van der Waals surface area contributed by atoms with Crippen LogP contribution in [-0.2, 0) is 4.79 Å². The molecule has 0 aliphatic carbocycles. The third-order valence-corrected chi connectivity index (χ3v) is 5.38.